The summed E-state index contributed by atoms with van der Waals surface area (Å²) in [6, 6.07) is 8.10. The van der Waals surface area contributed by atoms with Gasteiger partial charge in [0.1, 0.15) is 5.75 Å². The molecule has 3 aliphatic rings. The van der Waals surface area contributed by atoms with Crippen LogP contribution in [0.25, 0.3) is 6.08 Å². The fraction of sp³-hybridized carbons (Fsp3) is 0.529. The van der Waals surface area contributed by atoms with Crippen molar-refractivity contribution in [1.82, 2.24) is 4.90 Å². The minimum atomic E-state index is -0.288. The van der Waals surface area contributed by atoms with Crippen LogP contribution in [0.5, 0.6) is 5.75 Å². The summed E-state index contributed by atoms with van der Waals surface area (Å²) in [5, 5.41) is 10.4. The van der Waals surface area contributed by atoms with Crippen molar-refractivity contribution in [2.24, 2.45) is 5.92 Å². The lowest BCUT2D eigenvalue weighted by Gasteiger charge is -2.45. The van der Waals surface area contributed by atoms with Gasteiger partial charge in [-0.25, -0.2) is 0 Å². The highest BCUT2D eigenvalue weighted by molar-refractivity contribution is 5.55. The zero-order valence-corrected chi connectivity index (χ0v) is 12.2. The third-order valence-electron chi connectivity index (χ3n) is 4.22. The van der Waals surface area contributed by atoms with E-state index in [0.717, 1.165) is 42.9 Å². The number of hydrogen-bond acceptors (Lipinski definition) is 3. The van der Waals surface area contributed by atoms with Crippen molar-refractivity contribution < 1.29 is 9.84 Å². The first kappa shape index (κ1) is 13.5. The highest BCUT2D eigenvalue weighted by Gasteiger charge is 2.36. The lowest BCUT2D eigenvalue weighted by atomic mass is 9.83. The lowest BCUT2D eigenvalue weighted by molar-refractivity contribution is 0.0215. The first-order valence-corrected chi connectivity index (χ1v) is 7.55. The molecule has 0 amide bonds. The number of aliphatic hydroxyl groups excluding tert-OH is 1. The number of aliphatic hydroxyl groups is 1. The van der Waals surface area contributed by atoms with Crippen LogP contribution in [-0.2, 0) is 0 Å². The van der Waals surface area contributed by atoms with Crippen LogP contribution < -0.4 is 4.74 Å². The third-order valence-corrected chi connectivity index (χ3v) is 4.22. The highest BCUT2D eigenvalue weighted by atomic mass is 16.5. The molecule has 3 aliphatic heterocycles. The lowest BCUT2D eigenvalue weighted by Crippen LogP contribution is -2.48. The van der Waals surface area contributed by atoms with E-state index in [1.54, 1.807) is 0 Å². The van der Waals surface area contributed by atoms with Crippen LogP contribution in [0.2, 0.25) is 0 Å². The number of ether oxygens (including phenoxy) is 1. The summed E-state index contributed by atoms with van der Waals surface area (Å²) in [5.74, 6) is 1.35. The Hall–Kier alpha value is -1.48. The average molecular weight is 273 g/mol. The molecular weight excluding hydrogens is 250 g/mol. The van der Waals surface area contributed by atoms with E-state index in [4.69, 9.17) is 4.74 Å². The number of rotatable bonds is 3. The van der Waals surface area contributed by atoms with Gasteiger partial charge >= 0.3 is 0 Å². The van der Waals surface area contributed by atoms with Crippen molar-refractivity contribution in [3.63, 3.8) is 0 Å². The molecule has 3 fully saturated rings. The Kier molecular flexibility index (Phi) is 3.70. The van der Waals surface area contributed by atoms with E-state index in [1.807, 2.05) is 26.0 Å². The zero-order chi connectivity index (χ0) is 14.1. The van der Waals surface area contributed by atoms with E-state index in [0.29, 0.717) is 5.92 Å². The maximum atomic E-state index is 10.4. The molecule has 3 nitrogen and oxygen atoms in total. The van der Waals surface area contributed by atoms with Crippen molar-refractivity contribution in [2.45, 2.75) is 38.9 Å². The molecule has 0 saturated carbocycles. The van der Waals surface area contributed by atoms with Crippen molar-refractivity contribution >= 4 is 6.08 Å². The van der Waals surface area contributed by atoms with Crippen LogP contribution in [0.1, 0.15) is 32.3 Å². The Labute approximate surface area is 120 Å². The number of piperidine rings is 3. The van der Waals surface area contributed by atoms with Gasteiger partial charge in [-0.2, -0.15) is 0 Å². The fourth-order valence-electron chi connectivity index (χ4n) is 3.16. The Morgan fingerprint density at radius 1 is 1.20 bits per heavy atom. The Balaban J connectivity index is 1.78. The van der Waals surface area contributed by atoms with Crippen LogP contribution in [0.15, 0.2) is 30.0 Å². The van der Waals surface area contributed by atoms with E-state index in [-0.39, 0.29) is 12.2 Å². The minimum absolute atomic E-state index is 0.196. The van der Waals surface area contributed by atoms with E-state index >= 15 is 0 Å². The van der Waals surface area contributed by atoms with Gasteiger partial charge in [-0.3, -0.25) is 0 Å². The molecule has 4 rings (SSSR count). The average Bonchev–Trinajstić information content (AvgIpc) is 2.44. The molecule has 3 heteroatoms. The van der Waals surface area contributed by atoms with Gasteiger partial charge < -0.3 is 14.7 Å². The predicted octanol–water partition coefficient (Wildman–Crippen LogP) is 2.90. The van der Waals surface area contributed by atoms with Crippen molar-refractivity contribution in [1.29, 1.82) is 0 Å². The van der Waals surface area contributed by atoms with Crippen LogP contribution >= 0.6 is 0 Å². The molecule has 1 N–H and O–H groups in total. The quantitative estimate of drug-likeness (QED) is 0.919. The number of benzene rings is 1. The van der Waals surface area contributed by atoms with E-state index in [2.05, 4.69) is 23.1 Å². The zero-order valence-electron chi connectivity index (χ0n) is 12.2. The van der Waals surface area contributed by atoms with Crippen LogP contribution in [0, 0.1) is 5.92 Å². The van der Waals surface area contributed by atoms with Crippen LogP contribution in [0.3, 0.4) is 0 Å². The summed E-state index contributed by atoms with van der Waals surface area (Å²) in [6.45, 7) is 6.22. The number of fused-ring (bicyclic) bond motifs is 3. The van der Waals surface area contributed by atoms with E-state index < -0.39 is 0 Å². The second-order valence-electron chi connectivity index (χ2n) is 6.07. The van der Waals surface area contributed by atoms with Gasteiger partial charge in [-0.1, -0.05) is 12.1 Å². The van der Waals surface area contributed by atoms with Crippen LogP contribution in [-0.4, -0.2) is 35.3 Å². The topological polar surface area (TPSA) is 32.7 Å². The largest absolute Gasteiger partial charge is 0.491 e. The molecule has 1 unspecified atom stereocenters. The molecule has 108 valence electrons. The maximum Gasteiger partial charge on any atom is 0.119 e. The summed E-state index contributed by atoms with van der Waals surface area (Å²) in [7, 11) is 0. The van der Waals surface area contributed by atoms with Gasteiger partial charge in [0.05, 0.1) is 12.2 Å². The van der Waals surface area contributed by atoms with Crippen molar-refractivity contribution in [2.75, 3.05) is 13.1 Å². The summed E-state index contributed by atoms with van der Waals surface area (Å²) in [6.07, 6.45) is 4.28. The summed E-state index contributed by atoms with van der Waals surface area (Å²) in [5.41, 5.74) is 2.22. The molecule has 1 aromatic carbocycles. The fourth-order valence-corrected chi connectivity index (χ4v) is 3.16. The van der Waals surface area contributed by atoms with Gasteiger partial charge in [-0.05, 0) is 56.4 Å². The highest BCUT2D eigenvalue weighted by Crippen LogP contribution is 2.35. The van der Waals surface area contributed by atoms with Gasteiger partial charge in [0.2, 0.25) is 0 Å². The van der Waals surface area contributed by atoms with Gasteiger partial charge in [0.25, 0.3) is 0 Å². The monoisotopic (exact) mass is 273 g/mol. The molecule has 0 aliphatic carbocycles. The normalized spacial score (nSPS) is 27.4. The molecule has 3 saturated heterocycles. The third kappa shape index (κ3) is 2.68. The first-order chi connectivity index (χ1) is 9.63. The molecule has 2 bridgehead atoms. The standard InChI is InChI=1S/C17H23NO2/c1-12(2)20-15-5-3-13(4-6-15)11-16-17(19)14-7-9-18(16)10-8-14/h3-6,11-12,14,17,19H,7-10H2,1-2H3/b16-11+. The number of nitrogens with zero attached hydrogens (tertiary/aromatic N) is 1. The molecule has 0 radical (unpaired) electrons. The van der Waals surface area contributed by atoms with E-state index in [1.165, 1.54) is 0 Å². The first-order valence-electron chi connectivity index (χ1n) is 7.55. The second kappa shape index (κ2) is 5.49. The number of hydrogen-bond donors (Lipinski definition) is 1. The molecular formula is C17H23NO2. The molecule has 1 atom stereocenters. The minimum Gasteiger partial charge on any atom is -0.491 e. The van der Waals surface area contributed by atoms with Crippen LogP contribution in [0.4, 0.5) is 0 Å². The van der Waals surface area contributed by atoms with Crippen molar-refractivity contribution in [3.05, 3.63) is 35.5 Å². The molecule has 20 heavy (non-hydrogen) atoms. The van der Waals surface area contributed by atoms with Gasteiger partial charge in [0, 0.05) is 18.8 Å². The summed E-state index contributed by atoms with van der Waals surface area (Å²) >= 11 is 0. The molecule has 0 aromatic heterocycles. The summed E-state index contributed by atoms with van der Waals surface area (Å²) < 4.78 is 5.65. The van der Waals surface area contributed by atoms with E-state index in [9.17, 15) is 5.11 Å². The Bertz CT molecular complexity index is 480. The molecule has 3 heterocycles. The molecule has 0 spiro atoms. The smallest absolute Gasteiger partial charge is 0.119 e. The van der Waals surface area contributed by atoms with Gasteiger partial charge in [0.15, 0.2) is 0 Å². The molecule has 1 aromatic rings. The second-order valence-corrected chi connectivity index (χ2v) is 6.07. The Morgan fingerprint density at radius 3 is 2.40 bits per heavy atom. The summed E-state index contributed by atoms with van der Waals surface area (Å²) in [4.78, 5) is 2.32. The predicted molar refractivity (Wildman–Crippen MR) is 80.5 cm³/mol. The van der Waals surface area contributed by atoms with Gasteiger partial charge in [-0.15, -0.1) is 0 Å². The Morgan fingerprint density at radius 2 is 1.85 bits per heavy atom. The van der Waals surface area contributed by atoms with Crippen molar-refractivity contribution in [3.8, 4) is 5.75 Å². The SMILES string of the molecule is CC(C)Oc1ccc(/C=C2\C(O)C3CCN2CC3)cc1. The maximum absolute atomic E-state index is 10.4.